The maximum Gasteiger partial charge on any atom is 0.303 e. The Morgan fingerprint density at radius 3 is 2.60 bits per heavy atom. The van der Waals surface area contributed by atoms with Crippen LogP contribution in [0.4, 0.5) is 5.69 Å². The molecule has 1 heterocycles. The highest BCUT2D eigenvalue weighted by molar-refractivity contribution is 7.90. The highest BCUT2D eigenvalue weighted by atomic mass is 32.2. The van der Waals surface area contributed by atoms with Gasteiger partial charge in [-0.15, -0.1) is 0 Å². The maximum atomic E-state index is 11.9. The van der Waals surface area contributed by atoms with Gasteiger partial charge in [0.2, 0.25) is 5.91 Å². The van der Waals surface area contributed by atoms with Crippen LogP contribution in [0.25, 0.3) is 0 Å². The van der Waals surface area contributed by atoms with E-state index in [1.807, 2.05) is 0 Å². The zero-order chi connectivity index (χ0) is 14.9. The Labute approximate surface area is 116 Å². The van der Waals surface area contributed by atoms with Crippen molar-refractivity contribution in [3.63, 3.8) is 0 Å². The predicted octanol–water partition coefficient (Wildman–Crippen LogP) is 0.844. The standard InChI is InChI=1S/C13H15NO5S/c1-20(18,19)10-2-3-11-9(8-10)6-7-14(11)12(15)4-5-13(16)17/h2-3,8H,4-7H2,1H3,(H,16,17). The molecule has 7 heteroatoms. The summed E-state index contributed by atoms with van der Waals surface area (Å²) in [6.45, 7) is 0.459. The van der Waals surface area contributed by atoms with Crippen molar-refractivity contribution in [2.24, 2.45) is 0 Å². The van der Waals surface area contributed by atoms with Crippen molar-refractivity contribution >= 4 is 27.4 Å². The average Bonchev–Trinajstić information content (AvgIpc) is 2.77. The van der Waals surface area contributed by atoms with E-state index >= 15 is 0 Å². The molecule has 108 valence electrons. The van der Waals surface area contributed by atoms with Crippen molar-refractivity contribution in [3.8, 4) is 0 Å². The van der Waals surface area contributed by atoms with E-state index in [2.05, 4.69) is 0 Å². The van der Waals surface area contributed by atoms with E-state index in [9.17, 15) is 18.0 Å². The number of carboxylic acid groups (broad SMARTS) is 1. The lowest BCUT2D eigenvalue weighted by Gasteiger charge is -2.17. The van der Waals surface area contributed by atoms with Crippen LogP contribution in [0.2, 0.25) is 0 Å². The van der Waals surface area contributed by atoms with E-state index in [1.54, 1.807) is 12.1 Å². The SMILES string of the molecule is CS(=O)(=O)c1ccc2c(c1)CCN2C(=O)CCC(=O)O. The summed E-state index contributed by atoms with van der Waals surface area (Å²) < 4.78 is 23.0. The molecular formula is C13H15NO5S. The largest absolute Gasteiger partial charge is 0.481 e. The topological polar surface area (TPSA) is 91.8 Å². The normalized spacial score (nSPS) is 14.2. The van der Waals surface area contributed by atoms with Crippen LogP contribution in [0, 0.1) is 0 Å². The second-order valence-corrected chi connectivity index (χ2v) is 6.77. The van der Waals surface area contributed by atoms with Gasteiger partial charge in [-0.3, -0.25) is 9.59 Å². The van der Waals surface area contributed by atoms with Crippen LogP contribution in [-0.2, 0) is 25.8 Å². The van der Waals surface area contributed by atoms with Crippen molar-refractivity contribution < 1.29 is 23.1 Å². The second-order valence-electron chi connectivity index (χ2n) is 4.75. The van der Waals surface area contributed by atoms with Crippen molar-refractivity contribution in [3.05, 3.63) is 23.8 Å². The quantitative estimate of drug-likeness (QED) is 0.889. The van der Waals surface area contributed by atoms with Gasteiger partial charge < -0.3 is 10.0 Å². The first-order valence-corrected chi connectivity index (χ1v) is 8.03. The molecule has 0 saturated heterocycles. The minimum atomic E-state index is -3.26. The number of nitrogens with zero attached hydrogens (tertiary/aromatic N) is 1. The Bertz CT molecular complexity index is 665. The molecule has 0 unspecified atom stereocenters. The van der Waals surface area contributed by atoms with Gasteiger partial charge in [0, 0.05) is 24.9 Å². The molecule has 20 heavy (non-hydrogen) atoms. The molecule has 1 aliphatic heterocycles. The Morgan fingerprint density at radius 2 is 2.00 bits per heavy atom. The molecule has 1 N–H and O–H groups in total. The van der Waals surface area contributed by atoms with Crippen LogP contribution in [0.5, 0.6) is 0 Å². The molecule has 6 nitrogen and oxygen atoms in total. The summed E-state index contributed by atoms with van der Waals surface area (Å²) in [5.74, 6) is -1.26. The van der Waals surface area contributed by atoms with Crippen LogP contribution in [0.1, 0.15) is 18.4 Å². The monoisotopic (exact) mass is 297 g/mol. The lowest BCUT2D eigenvalue weighted by Crippen LogP contribution is -2.29. The highest BCUT2D eigenvalue weighted by Crippen LogP contribution is 2.30. The molecule has 1 amide bonds. The van der Waals surface area contributed by atoms with Crippen molar-refractivity contribution in [2.45, 2.75) is 24.2 Å². The first-order chi connectivity index (χ1) is 9.29. The van der Waals surface area contributed by atoms with Crippen molar-refractivity contribution in [2.75, 3.05) is 17.7 Å². The molecular weight excluding hydrogens is 282 g/mol. The summed E-state index contributed by atoms with van der Waals surface area (Å²) in [6, 6.07) is 4.66. The van der Waals surface area contributed by atoms with Gasteiger partial charge in [-0.1, -0.05) is 0 Å². The molecule has 0 atom stereocenters. The highest BCUT2D eigenvalue weighted by Gasteiger charge is 2.25. The molecule has 2 rings (SSSR count). The van der Waals surface area contributed by atoms with Gasteiger partial charge in [-0.25, -0.2) is 8.42 Å². The van der Waals surface area contributed by atoms with Gasteiger partial charge in [-0.05, 0) is 30.2 Å². The fourth-order valence-corrected chi connectivity index (χ4v) is 2.89. The number of carbonyl (C=O) groups is 2. The average molecular weight is 297 g/mol. The zero-order valence-corrected chi connectivity index (χ0v) is 11.8. The van der Waals surface area contributed by atoms with Gasteiger partial charge in [0.15, 0.2) is 9.84 Å². The van der Waals surface area contributed by atoms with Crippen molar-refractivity contribution in [1.82, 2.24) is 0 Å². The Kier molecular flexibility index (Phi) is 3.80. The van der Waals surface area contributed by atoms with Crippen LogP contribution in [-0.4, -0.2) is 38.2 Å². The lowest BCUT2D eigenvalue weighted by molar-refractivity contribution is -0.138. The third-order valence-corrected chi connectivity index (χ3v) is 4.34. The maximum absolute atomic E-state index is 11.9. The van der Waals surface area contributed by atoms with Crippen LogP contribution >= 0.6 is 0 Å². The predicted molar refractivity (Wildman–Crippen MR) is 72.5 cm³/mol. The number of benzene rings is 1. The van der Waals surface area contributed by atoms with Gasteiger partial charge in [-0.2, -0.15) is 0 Å². The Balaban J connectivity index is 2.22. The number of hydrogen-bond donors (Lipinski definition) is 1. The molecule has 0 aliphatic carbocycles. The molecule has 1 aromatic rings. The van der Waals surface area contributed by atoms with Gasteiger partial charge >= 0.3 is 5.97 Å². The van der Waals surface area contributed by atoms with Crippen LogP contribution < -0.4 is 4.90 Å². The van der Waals surface area contributed by atoms with E-state index < -0.39 is 15.8 Å². The smallest absolute Gasteiger partial charge is 0.303 e. The molecule has 0 saturated carbocycles. The number of amides is 1. The number of sulfone groups is 1. The molecule has 0 spiro atoms. The third-order valence-electron chi connectivity index (χ3n) is 3.23. The molecule has 0 fully saturated rings. The summed E-state index contributed by atoms with van der Waals surface area (Å²) in [7, 11) is -3.26. The van der Waals surface area contributed by atoms with E-state index in [0.717, 1.165) is 11.8 Å². The lowest BCUT2D eigenvalue weighted by atomic mass is 10.2. The van der Waals surface area contributed by atoms with Crippen LogP contribution in [0.3, 0.4) is 0 Å². The summed E-state index contributed by atoms with van der Waals surface area (Å²) in [5.41, 5.74) is 1.48. The first kappa shape index (κ1) is 14.5. The van der Waals surface area contributed by atoms with Gasteiger partial charge in [0.1, 0.15) is 0 Å². The Hall–Kier alpha value is -1.89. The number of hydrogen-bond acceptors (Lipinski definition) is 4. The van der Waals surface area contributed by atoms with E-state index in [0.29, 0.717) is 18.7 Å². The molecule has 1 aliphatic rings. The number of carboxylic acids is 1. The number of aliphatic carboxylic acids is 1. The molecule has 0 radical (unpaired) electrons. The number of anilines is 1. The van der Waals surface area contributed by atoms with E-state index in [1.165, 1.54) is 11.0 Å². The Morgan fingerprint density at radius 1 is 1.30 bits per heavy atom. The fraction of sp³-hybridized carbons (Fsp3) is 0.385. The minimum absolute atomic E-state index is 0.0530. The fourth-order valence-electron chi connectivity index (χ4n) is 2.22. The van der Waals surface area contributed by atoms with Crippen molar-refractivity contribution in [1.29, 1.82) is 0 Å². The minimum Gasteiger partial charge on any atom is -0.481 e. The summed E-state index contributed by atoms with van der Waals surface area (Å²) >= 11 is 0. The van der Waals surface area contributed by atoms with E-state index in [-0.39, 0.29) is 23.6 Å². The number of carbonyl (C=O) groups excluding carboxylic acids is 1. The molecule has 0 bridgehead atoms. The second kappa shape index (κ2) is 5.24. The third kappa shape index (κ3) is 2.98. The number of rotatable bonds is 4. The number of fused-ring (bicyclic) bond motifs is 1. The summed E-state index contributed by atoms with van der Waals surface area (Å²) in [5, 5.41) is 8.59. The zero-order valence-electron chi connectivity index (χ0n) is 11.0. The molecule has 1 aromatic carbocycles. The molecule has 0 aromatic heterocycles. The first-order valence-electron chi connectivity index (χ1n) is 6.14. The van der Waals surface area contributed by atoms with Gasteiger partial charge in [0.25, 0.3) is 0 Å². The summed E-state index contributed by atoms with van der Waals surface area (Å²) in [4.78, 5) is 24.2. The van der Waals surface area contributed by atoms with Crippen LogP contribution in [0.15, 0.2) is 23.1 Å². The summed E-state index contributed by atoms with van der Waals surface area (Å²) in [6.07, 6.45) is 1.46. The van der Waals surface area contributed by atoms with E-state index in [4.69, 9.17) is 5.11 Å². The van der Waals surface area contributed by atoms with Gasteiger partial charge in [0.05, 0.1) is 11.3 Å².